The first-order valence-corrected chi connectivity index (χ1v) is 5.40. The fraction of sp³-hybridized carbons (Fsp3) is 0.0714. The maximum absolute atomic E-state index is 13.0. The lowest BCUT2D eigenvalue weighted by Gasteiger charge is -2.15. The molecule has 0 aliphatic heterocycles. The van der Waals surface area contributed by atoms with Crippen LogP contribution in [0.5, 0.6) is 0 Å². The van der Waals surface area contributed by atoms with Crippen molar-refractivity contribution in [3.8, 4) is 11.1 Å². The number of rotatable bonds is 2. The number of carbonyl (C=O) groups is 1. The highest BCUT2D eigenvalue weighted by Gasteiger charge is 2.35. The van der Waals surface area contributed by atoms with Gasteiger partial charge in [0.05, 0.1) is 11.1 Å². The van der Waals surface area contributed by atoms with Crippen LogP contribution in [-0.4, -0.2) is 11.1 Å². The van der Waals surface area contributed by atoms with Crippen molar-refractivity contribution in [3.05, 3.63) is 59.7 Å². The number of hydrogen-bond donors (Lipinski definition) is 1. The van der Waals surface area contributed by atoms with E-state index in [0.29, 0.717) is 0 Å². The summed E-state index contributed by atoms with van der Waals surface area (Å²) in [6.07, 6.45) is -4.60. The third kappa shape index (κ3) is 2.59. The molecule has 0 fully saturated rings. The summed E-state index contributed by atoms with van der Waals surface area (Å²) in [5, 5.41) is 9.05. The molecular weight excluding hydrogens is 257 g/mol. The molecule has 0 unspecified atom stereocenters. The summed E-state index contributed by atoms with van der Waals surface area (Å²) < 4.78 is 39.0. The largest absolute Gasteiger partial charge is 0.478 e. The van der Waals surface area contributed by atoms with Gasteiger partial charge in [-0.25, -0.2) is 4.79 Å². The molecule has 19 heavy (non-hydrogen) atoms. The summed E-state index contributed by atoms with van der Waals surface area (Å²) >= 11 is 0. The van der Waals surface area contributed by atoms with Crippen molar-refractivity contribution >= 4 is 5.97 Å². The number of aromatic carboxylic acids is 1. The molecule has 0 aliphatic rings. The second kappa shape index (κ2) is 4.76. The van der Waals surface area contributed by atoms with Crippen molar-refractivity contribution in [1.82, 2.24) is 0 Å². The van der Waals surface area contributed by atoms with E-state index in [9.17, 15) is 18.0 Å². The van der Waals surface area contributed by atoms with Crippen molar-refractivity contribution in [1.29, 1.82) is 0 Å². The van der Waals surface area contributed by atoms with Crippen molar-refractivity contribution in [2.24, 2.45) is 0 Å². The average molecular weight is 266 g/mol. The summed E-state index contributed by atoms with van der Waals surface area (Å²) in [4.78, 5) is 11.1. The lowest BCUT2D eigenvalue weighted by atomic mass is 9.94. The standard InChI is InChI=1S/C14H9F3O2/c15-14(16,17)11-8-4-7-10(13(18)19)12(11)9-5-2-1-3-6-9/h1-8H,(H,18,19). The van der Waals surface area contributed by atoms with Gasteiger partial charge in [0.2, 0.25) is 0 Å². The molecule has 0 radical (unpaired) electrons. The average Bonchev–Trinajstić information content (AvgIpc) is 2.37. The Morgan fingerprint density at radius 1 is 0.947 bits per heavy atom. The summed E-state index contributed by atoms with van der Waals surface area (Å²) in [5.41, 5.74) is -1.38. The quantitative estimate of drug-likeness (QED) is 0.889. The molecule has 0 aromatic heterocycles. The summed E-state index contributed by atoms with van der Waals surface area (Å²) in [5.74, 6) is -1.38. The van der Waals surface area contributed by atoms with E-state index in [0.717, 1.165) is 12.1 Å². The van der Waals surface area contributed by atoms with Crippen molar-refractivity contribution in [2.45, 2.75) is 6.18 Å². The topological polar surface area (TPSA) is 37.3 Å². The molecule has 5 heteroatoms. The Bertz CT molecular complexity index is 604. The highest BCUT2D eigenvalue weighted by molar-refractivity contribution is 5.97. The maximum atomic E-state index is 13.0. The zero-order chi connectivity index (χ0) is 14.0. The number of hydrogen-bond acceptors (Lipinski definition) is 1. The highest BCUT2D eigenvalue weighted by atomic mass is 19.4. The van der Waals surface area contributed by atoms with E-state index >= 15 is 0 Å². The Hall–Kier alpha value is -2.30. The Morgan fingerprint density at radius 2 is 1.58 bits per heavy atom. The molecule has 0 atom stereocenters. The van der Waals surface area contributed by atoms with Crippen LogP contribution in [0.2, 0.25) is 0 Å². The van der Waals surface area contributed by atoms with Crippen LogP contribution in [-0.2, 0) is 6.18 Å². The van der Waals surface area contributed by atoms with Crippen molar-refractivity contribution < 1.29 is 23.1 Å². The molecular formula is C14H9F3O2. The minimum absolute atomic E-state index is 0.229. The first kappa shape index (κ1) is 13.1. The van der Waals surface area contributed by atoms with E-state index in [1.54, 1.807) is 18.2 Å². The van der Waals surface area contributed by atoms with Crippen molar-refractivity contribution in [3.63, 3.8) is 0 Å². The molecule has 0 heterocycles. The van der Waals surface area contributed by atoms with Crippen LogP contribution in [0.15, 0.2) is 48.5 Å². The molecule has 0 saturated heterocycles. The van der Waals surface area contributed by atoms with Crippen LogP contribution in [0.1, 0.15) is 15.9 Å². The molecule has 1 N–H and O–H groups in total. The second-order valence-electron chi connectivity index (χ2n) is 3.90. The first-order chi connectivity index (χ1) is 8.91. The molecule has 0 spiro atoms. The maximum Gasteiger partial charge on any atom is 0.417 e. The number of benzene rings is 2. The van der Waals surface area contributed by atoms with Gasteiger partial charge in [-0.2, -0.15) is 13.2 Å². The van der Waals surface area contributed by atoms with Gasteiger partial charge in [-0.3, -0.25) is 0 Å². The van der Waals surface area contributed by atoms with Gasteiger partial charge in [0.1, 0.15) is 0 Å². The van der Waals surface area contributed by atoms with E-state index in [-0.39, 0.29) is 16.7 Å². The van der Waals surface area contributed by atoms with Gasteiger partial charge in [0.25, 0.3) is 0 Å². The van der Waals surface area contributed by atoms with Crippen LogP contribution >= 0.6 is 0 Å². The number of alkyl halides is 3. The van der Waals surface area contributed by atoms with Crippen LogP contribution in [0.3, 0.4) is 0 Å². The van der Waals surface area contributed by atoms with Gasteiger partial charge in [-0.05, 0) is 17.7 Å². The van der Waals surface area contributed by atoms with Gasteiger partial charge in [-0.1, -0.05) is 36.4 Å². The number of carboxylic acid groups (broad SMARTS) is 1. The minimum Gasteiger partial charge on any atom is -0.478 e. The van der Waals surface area contributed by atoms with Gasteiger partial charge in [-0.15, -0.1) is 0 Å². The zero-order valence-corrected chi connectivity index (χ0v) is 9.61. The van der Waals surface area contributed by atoms with E-state index in [1.807, 2.05) is 0 Å². The lowest BCUT2D eigenvalue weighted by molar-refractivity contribution is -0.137. The fourth-order valence-corrected chi connectivity index (χ4v) is 1.88. The lowest BCUT2D eigenvalue weighted by Crippen LogP contribution is -2.11. The molecule has 2 aromatic rings. The number of halogens is 3. The molecule has 0 aliphatic carbocycles. The van der Waals surface area contributed by atoms with Crippen LogP contribution in [0.25, 0.3) is 11.1 Å². The molecule has 0 saturated carbocycles. The van der Waals surface area contributed by atoms with Crippen LogP contribution in [0, 0.1) is 0 Å². The summed E-state index contributed by atoms with van der Waals surface area (Å²) in [7, 11) is 0. The van der Waals surface area contributed by atoms with Crippen molar-refractivity contribution in [2.75, 3.05) is 0 Å². The Labute approximate surface area is 107 Å². The second-order valence-corrected chi connectivity index (χ2v) is 3.90. The van der Waals surface area contributed by atoms with Gasteiger partial charge >= 0.3 is 12.1 Å². The van der Waals surface area contributed by atoms with Gasteiger partial charge in [0, 0.05) is 5.56 Å². The Morgan fingerprint density at radius 3 is 2.11 bits per heavy atom. The summed E-state index contributed by atoms with van der Waals surface area (Å²) in [6.45, 7) is 0. The number of carboxylic acids is 1. The van der Waals surface area contributed by atoms with E-state index in [2.05, 4.69) is 0 Å². The van der Waals surface area contributed by atoms with E-state index in [1.165, 1.54) is 18.2 Å². The molecule has 2 rings (SSSR count). The fourth-order valence-electron chi connectivity index (χ4n) is 1.88. The predicted octanol–water partition coefficient (Wildman–Crippen LogP) is 4.07. The minimum atomic E-state index is -4.60. The van der Waals surface area contributed by atoms with Crippen LogP contribution < -0.4 is 0 Å². The SMILES string of the molecule is O=C(O)c1cccc(C(F)(F)F)c1-c1ccccc1. The Kier molecular flexibility index (Phi) is 3.29. The summed E-state index contributed by atoms with van der Waals surface area (Å²) in [6, 6.07) is 10.8. The monoisotopic (exact) mass is 266 g/mol. The predicted molar refractivity (Wildman–Crippen MR) is 63.8 cm³/mol. The highest BCUT2D eigenvalue weighted by Crippen LogP contribution is 2.38. The Balaban J connectivity index is 2.78. The third-order valence-corrected chi connectivity index (χ3v) is 2.66. The smallest absolute Gasteiger partial charge is 0.417 e. The first-order valence-electron chi connectivity index (χ1n) is 5.40. The molecule has 2 aromatic carbocycles. The van der Waals surface area contributed by atoms with E-state index < -0.39 is 17.7 Å². The normalized spacial score (nSPS) is 11.3. The zero-order valence-electron chi connectivity index (χ0n) is 9.61. The van der Waals surface area contributed by atoms with Gasteiger partial charge in [0.15, 0.2) is 0 Å². The molecule has 0 amide bonds. The molecule has 2 nitrogen and oxygen atoms in total. The van der Waals surface area contributed by atoms with Gasteiger partial charge < -0.3 is 5.11 Å². The van der Waals surface area contributed by atoms with Crippen LogP contribution in [0.4, 0.5) is 13.2 Å². The molecule has 98 valence electrons. The third-order valence-electron chi connectivity index (χ3n) is 2.66. The van der Waals surface area contributed by atoms with E-state index in [4.69, 9.17) is 5.11 Å². The molecule has 0 bridgehead atoms.